The number of amides is 2. The van der Waals surface area contributed by atoms with Crippen LogP contribution in [0.1, 0.15) is 11.1 Å². The highest BCUT2D eigenvalue weighted by Crippen LogP contribution is 2.35. The van der Waals surface area contributed by atoms with Gasteiger partial charge in [0.2, 0.25) is 0 Å². The summed E-state index contributed by atoms with van der Waals surface area (Å²) in [5.74, 6) is -0.421. The molecule has 6 nitrogen and oxygen atoms in total. The summed E-state index contributed by atoms with van der Waals surface area (Å²) >= 11 is 9.97. The normalized spacial score (nSPS) is 15.3. The highest BCUT2D eigenvalue weighted by atomic mass is 79.9. The maximum atomic E-state index is 12.9. The molecule has 0 N–H and O–H groups in total. The van der Waals surface area contributed by atoms with Crippen molar-refractivity contribution in [3.05, 3.63) is 98.3 Å². The van der Waals surface area contributed by atoms with Crippen LogP contribution in [0.2, 0.25) is 5.02 Å². The smallest absolute Gasteiger partial charge is 0.339 e. The Kier molecular flexibility index (Phi) is 6.94. The van der Waals surface area contributed by atoms with Gasteiger partial charge in [-0.05, 0) is 65.9 Å². The van der Waals surface area contributed by atoms with Gasteiger partial charge >= 0.3 is 10.1 Å². The lowest BCUT2D eigenvalue weighted by Gasteiger charge is -2.12. The summed E-state index contributed by atoms with van der Waals surface area (Å²) in [5.41, 5.74) is 1.16. The van der Waals surface area contributed by atoms with E-state index in [-0.39, 0.29) is 22.1 Å². The highest BCUT2D eigenvalue weighted by molar-refractivity contribution is 9.10. The van der Waals surface area contributed by atoms with E-state index in [4.69, 9.17) is 15.8 Å². The number of benzene rings is 3. The molecule has 3 aromatic carbocycles. The molecule has 33 heavy (non-hydrogen) atoms. The van der Waals surface area contributed by atoms with Crippen LogP contribution >= 0.6 is 39.3 Å². The molecule has 3 aromatic rings. The van der Waals surface area contributed by atoms with E-state index in [0.29, 0.717) is 10.6 Å². The average Bonchev–Trinajstić information content (AvgIpc) is 3.04. The number of thioether (sulfide) groups is 1. The molecule has 0 bridgehead atoms. The van der Waals surface area contributed by atoms with Crippen molar-refractivity contribution in [2.45, 2.75) is 11.4 Å². The van der Waals surface area contributed by atoms with Gasteiger partial charge in [-0.1, -0.05) is 57.9 Å². The molecule has 10 heteroatoms. The zero-order chi connectivity index (χ0) is 23.6. The zero-order valence-corrected chi connectivity index (χ0v) is 20.7. The first kappa shape index (κ1) is 23.6. The van der Waals surface area contributed by atoms with E-state index in [9.17, 15) is 18.0 Å². The summed E-state index contributed by atoms with van der Waals surface area (Å²) in [7, 11) is -4.13. The van der Waals surface area contributed by atoms with E-state index in [0.717, 1.165) is 26.7 Å². The van der Waals surface area contributed by atoms with E-state index >= 15 is 0 Å². The Labute approximate surface area is 208 Å². The van der Waals surface area contributed by atoms with Crippen molar-refractivity contribution in [2.75, 3.05) is 0 Å². The number of hydrogen-bond acceptors (Lipinski definition) is 6. The van der Waals surface area contributed by atoms with Crippen molar-refractivity contribution in [1.29, 1.82) is 0 Å². The molecule has 1 heterocycles. The summed E-state index contributed by atoms with van der Waals surface area (Å²) in [4.78, 5) is 26.6. The molecule has 1 aliphatic rings. The standard InChI is InChI=1S/C23H15BrClNO5S2/c24-17-7-5-15(6-8-17)14-26-22(27)21(32-23(26)28)13-16-3-1-2-4-20(16)31-33(29,30)19-11-9-18(25)10-12-19/h1-13H,14H2/b21-13-. The Morgan fingerprint density at radius 2 is 1.64 bits per heavy atom. The van der Waals surface area contributed by atoms with Gasteiger partial charge in [-0.3, -0.25) is 14.5 Å². The number of imide groups is 1. The van der Waals surface area contributed by atoms with Crippen molar-refractivity contribution in [3.63, 3.8) is 0 Å². The molecule has 2 amide bonds. The number of para-hydroxylation sites is 1. The average molecular weight is 565 g/mol. The van der Waals surface area contributed by atoms with Crippen LogP contribution in [0.5, 0.6) is 5.75 Å². The Morgan fingerprint density at radius 3 is 2.33 bits per heavy atom. The predicted octanol–water partition coefficient (Wildman–Crippen LogP) is 6.11. The molecule has 0 radical (unpaired) electrons. The first-order valence-corrected chi connectivity index (χ1v) is 12.9. The van der Waals surface area contributed by atoms with E-state index in [1.54, 1.807) is 18.2 Å². The van der Waals surface area contributed by atoms with Crippen LogP contribution < -0.4 is 4.18 Å². The maximum absolute atomic E-state index is 12.9. The minimum atomic E-state index is -4.13. The molecule has 168 valence electrons. The number of carbonyl (C=O) groups excluding carboxylic acids is 2. The third-order valence-electron chi connectivity index (χ3n) is 4.63. The number of hydrogen-bond donors (Lipinski definition) is 0. The first-order chi connectivity index (χ1) is 15.7. The fraction of sp³-hybridized carbons (Fsp3) is 0.0435. The van der Waals surface area contributed by atoms with Crippen molar-refractivity contribution in [3.8, 4) is 5.75 Å². The quantitative estimate of drug-likeness (QED) is 0.266. The van der Waals surface area contributed by atoms with Gasteiger partial charge in [0.1, 0.15) is 10.6 Å². The second-order valence-corrected chi connectivity index (χ2v) is 10.8. The highest BCUT2D eigenvalue weighted by Gasteiger charge is 2.35. The monoisotopic (exact) mass is 563 g/mol. The molecule has 1 saturated heterocycles. The number of rotatable bonds is 6. The van der Waals surface area contributed by atoms with Crippen LogP contribution in [-0.4, -0.2) is 24.5 Å². The lowest BCUT2D eigenvalue weighted by molar-refractivity contribution is -0.123. The van der Waals surface area contributed by atoms with Gasteiger partial charge in [0.25, 0.3) is 11.1 Å². The largest absolute Gasteiger partial charge is 0.378 e. The van der Waals surface area contributed by atoms with Gasteiger partial charge in [0.05, 0.1) is 11.4 Å². The fourth-order valence-electron chi connectivity index (χ4n) is 2.99. The fourth-order valence-corrected chi connectivity index (χ4v) is 5.17. The minimum Gasteiger partial charge on any atom is -0.378 e. The number of carbonyl (C=O) groups is 2. The van der Waals surface area contributed by atoms with Crippen molar-refractivity contribution in [1.82, 2.24) is 4.90 Å². The third-order valence-corrected chi connectivity index (χ3v) is 7.57. The molecular weight excluding hydrogens is 550 g/mol. The molecule has 1 aliphatic heterocycles. The molecule has 0 atom stereocenters. The predicted molar refractivity (Wildman–Crippen MR) is 131 cm³/mol. The molecular formula is C23H15BrClNO5S2. The minimum absolute atomic E-state index is 0.0344. The summed E-state index contributed by atoms with van der Waals surface area (Å²) < 4.78 is 31.6. The second kappa shape index (κ2) is 9.72. The van der Waals surface area contributed by atoms with Gasteiger partial charge in [-0.25, -0.2) is 0 Å². The summed E-state index contributed by atoms with van der Waals surface area (Å²) in [5, 5.41) is -0.00503. The van der Waals surface area contributed by atoms with Crippen molar-refractivity contribution in [2.24, 2.45) is 0 Å². The topological polar surface area (TPSA) is 80.8 Å². The van der Waals surface area contributed by atoms with Crippen molar-refractivity contribution >= 4 is 66.6 Å². The Bertz CT molecular complexity index is 1360. The van der Waals surface area contributed by atoms with Crippen LogP contribution in [0, 0.1) is 0 Å². The summed E-state index contributed by atoms with van der Waals surface area (Å²) in [6.45, 7) is 0.137. The second-order valence-electron chi connectivity index (χ2n) is 6.92. The first-order valence-electron chi connectivity index (χ1n) is 9.52. The van der Waals surface area contributed by atoms with Gasteiger partial charge in [0, 0.05) is 15.1 Å². The SMILES string of the molecule is O=C1S/C(=C\c2ccccc2OS(=O)(=O)c2ccc(Cl)cc2)C(=O)N1Cc1ccc(Br)cc1. The number of nitrogens with zero attached hydrogens (tertiary/aromatic N) is 1. The van der Waals surface area contributed by atoms with Crippen LogP contribution in [0.25, 0.3) is 6.08 Å². The van der Waals surface area contributed by atoms with Gasteiger partial charge in [-0.15, -0.1) is 0 Å². The van der Waals surface area contributed by atoms with Crippen LogP contribution in [0.4, 0.5) is 4.79 Å². The summed E-state index contributed by atoms with van der Waals surface area (Å²) in [6, 6.07) is 19.3. The lowest BCUT2D eigenvalue weighted by Crippen LogP contribution is -2.27. The Balaban J connectivity index is 1.58. The molecule has 1 fully saturated rings. The Morgan fingerprint density at radius 1 is 0.970 bits per heavy atom. The van der Waals surface area contributed by atoms with Crippen molar-refractivity contribution < 1.29 is 22.2 Å². The Hall–Kier alpha value is -2.59. The molecule has 0 spiro atoms. The van der Waals surface area contributed by atoms with E-state index in [2.05, 4.69) is 15.9 Å². The van der Waals surface area contributed by atoms with E-state index in [1.165, 1.54) is 36.4 Å². The van der Waals surface area contributed by atoms with E-state index in [1.807, 2.05) is 24.3 Å². The van der Waals surface area contributed by atoms with Crippen LogP contribution in [0.15, 0.2) is 87.1 Å². The number of halogens is 2. The molecule has 0 saturated carbocycles. The maximum Gasteiger partial charge on any atom is 0.339 e. The van der Waals surface area contributed by atoms with Gasteiger partial charge in [-0.2, -0.15) is 8.42 Å². The van der Waals surface area contributed by atoms with Gasteiger partial charge in [0.15, 0.2) is 0 Å². The molecule has 0 aromatic heterocycles. The van der Waals surface area contributed by atoms with Gasteiger partial charge < -0.3 is 4.18 Å². The third kappa shape index (κ3) is 5.50. The van der Waals surface area contributed by atoms with E-state index < -0.39 is 21.3 Å². The summed E-state index contributed by atoms with van der Waals surface area (Å²) in [6.07, 6.45) is 1.46. The molecule has 0 unspecified atom stereocenters. The lowest BCUT2D eigenvalue weighted by atomic mass is 10.2. The zero-order valence-electron chi connectivity index (χ0n) is 16.8. The molecule has 4 rings (SSSR count). The molecule has 0 aliphatic carbocycles. The van der Waals surface area contributed by atoms with Crippen LogP contribution in [0.3, 0.4) is 0 Å². The van der Waals surface area contributed by atoms with Crippen LogP contribution in [-0.2, 0) is 21.5 Å².